The van der Waals surface area contributed by atoms with E-state index in [2.05, 4.69) is 42.9 Å². The number of nitrogens with zero attached hydrogens (tertiary/aromatic N) is 1. The molecule has 1 aromatic rings. The van der Waals surface area contributed by atoms with E-state index in [9.17, 15) is 0 Å². The molecule has 0 spiro atoms. The molecule has 0 saturated carbocycles. The molecule has 0 radical (unpaired) electrons. The third kappa shape index (κ3) is 9.06. The van der Waals surface area contributed by atoms with E-state index in [1.807, 2.05) is 0 Å². The van der Waals surface area contributed by atoms with Gasteiger partial charge in [0.25, 0.3) is 0 Å². The number of hydrogen-bond donors (Lipinski definition) is 0. The normalized spacial score (nSPS) is 10.3. The monoisotopic (exact) mass is 281 g/mol. The van der Waals surface area contributed by atoms with Crippen LogP contribution in [0.4, 0.5) is 0 Å². The van der Waals surface area contributed by atoms with Crippen LogP contribution in [0, 0.1) is 0 Å². The Balaban J connectivity index is 0.00000361. The molecule has 0 atom stereocenters. The van der Waals surface area contributed by atoms with Gasteiger partial charge in [-0.3, -0.25) is 0 Å². The quantitative estimate of drug-likeness (QED) is 0.432. The van der Waals surface area contributed by atoms with Crippen LogP contribution in [-0.2, 0) is 13.0 Å². The summed E-state index contributed by atoms with van der Waals surface area (Å²) < 4.78 is 2.36. The maximum Gasteiger partial charge on any atom is 0.171 e. The van der Waals surface area contributed by atoms with Gasteiger partial charge in [-0.05, 0) is 18.9 Å². The highest BCUT2D eigenvalue weighted by atomic mass is 19.0. The summed E-state index contributed by atoms with van der Waals surface area (Å²) in [5, 5.41) is 0. The zero-order chi connectivity index (χ0) is 13.8. The van der Waals surface area contributed by atoms with Crippen LogP contribution in [0.3, 0.4) is 0 Å². The topological polar surface area (TPSA) is 3.88 Å². The van der Waals surface area contributed by atoms with Crippen LogP contribution in [0.2, 0.25) is 0 Å². The number of halogens is 1. The first kappa shape index (κ1) is 19.1. The predicted molar refractivity (Wildman–Crippen MR) is 83.2 cm³/mol. The highest BCUT2D eigenvalue weighted by Gasteiger charge is 2.02. The van der Waals surface area contributed by atoms with Crippen molar-refractivity contribution in [2.45, 2.75) is 84.6 Å². The smallest absolute Gasteiger partial charge is 0.171 e. The van der Waals surface area contributed by atoms with Crippen molar-refractivity contribution in [2.75, 3.05) is 0 Å². The first-order valence-corrected chi connectivity index (χ1v) is 8.34. The van der Waals surface area contributed by atoms with E-state index in [-0.39, 0.29) is 4.70 Å². The SMILES string of the molecule is CCCCCCCCCC[n+]1cccc(CCC)c1.[F-]. The summed E-state index contributed by atoms with van der Waals surface area (Å²) in [6, 6.07) is 4.43. The van der Waals surface area contributed by atoms with Crippen molar-refractivity contribution in [3.63, 3.8) is 0 Å². The lowest BCUT2D eigenvalue weighted by atomic mass is 10.1. The Morgan fingerprint density at radius 2 is 1.50 bits per heavy atom. The van der Waals surface area contributed by atoms with Gasteiger partial charge in [0.1, 0.15) is 6.54 Å². The standard InChI is InChI=1S/C18H32N.FH/c1-3-5-6-7-8-9-10-11-15-19-16-12-14-18(17-19)13-4-2;/h12,14,16-17H,3-11,13,15H2,1-2H3;1H/q+1;/p-1. The van der Waals surface area contributed by atoms with Crippen LogP contribution >= 0.6 is 0 Å². The van der Waals surface area contributed by atoms with Crippen LogP contribution < -0.4 is 9.27 Å². The van der Waals surface area contributed by atoms with E-state index in [1.165, 1.54) is 76.3 Å². The molecule has 2 heteroatoms. The Labute approximate surface area is 124 Å². The predicted octanol–water partition coefficient (Wildman–Crippen LogP) is 2.07. The van der Waals surface area contributed by atoms with E-state index < -0.39 is 0 Å². The van der Waals surface area contributed by atoms with Crippen molar-refractivity contribution in [1.29, 1.82) is 0 Å². The summed E-state index contributed by atoms with van der Waals surface area (Å²) in [5.74, 6) is 0. The minimum absolute atomic E-state index is 0. The van der Waals surface area contributed by atoms with Gasteiger partial charge in [-0.2, -0.15) is 0 Å². The van der Waals surface area contributed by atoms with Gasteiger partial charge >= 0.3 is 0 Å². The Morgan fingerprint density at radius 3 is 2.15 bits per heavy atom. The number of unbranched alkanes of at least 4 members (excludes halogenated alkanes) is 7. The summed E-state index contributed by atoms with van der Waals surface area (Å²) in [7, 11) is 0. The summed E-state index contributed by atoms with van der Waals surface area (Å²) in [6.45, 7) is 5.71. The molecule has 0 saturated heterocycles. The second-order valence-corrected chi connectivity index (χ2v) is 5.67. The van der Waals surface area contributed by atoms with Crippen molar-refractivity contribution < 1.29 is 9.27 Å². The second-order valence-electron chi connectivity index (χ2n) is 5.67. The Bertz CT molecular complexity index is 325. The third-order valence-corrected chi connectivity index (χ3v) is 3.73. The van der Waals surface area contributed by atoms with Crippen LogP contribution in [0.5, 0.6) is 0 Å². The minimum Gasteiger partial charge on any atom is -1.00 e. The molecule has 116 valence electrons. The summed E-state index contributed by atoms with van der Waals surface area (Å²) in [5.41, 5.74) is 1.48. The van der Waals surface area contributed by atoms with Gasteiger partial charge in [0, 0.05) is 18.1 Å². The first-order valence-electron chi connectivity index (χ1n) is 8.34. The van der Waals surface area contributed by atoms with E-state index in [4.69, 9.17) is 0 Å². The van der Waals surface area contributed by atoms with Gasteiger partial charge in [0.2, 0.25) is 0 Å². The second kappa shape index (κ2) is 13.1. The molecule has 0 aromatic carbocycles. The first-order chi connectivity index (χ1) is 9.36. The summed E-state index contributed by atoms with van der Waals surface area (Å²) >= 11 is 0. The maximum atomic E-state index is 2.36. The molecule has 20 heavy (non-hydrogen) atoms. The zero-order valence-electron chi connectivity index (χ0n) is 13.4. The van der Waals surface area contributed by atoms with Crippen molar-refractivity contribution in [3.8, 4) is 0 Å². The fourth-order valence-electron chi connectivity index (χ4n) is 2.58. The fourth-order valence-corrected chi connectivity index (χ4v) is 2.58. The molecule has 0 unspecified atom stereocenters. The minimum atomic E-state index is 0. The number of hydrogen-bond acceptors (Lipinski definition) is 0. The Hall–Kier alpha value is -0.920. The highest BCUT2D eigenvalue weighted by molar-refractivity contribution is 5.04. The lowest BCUT2D eigenvalue weighted by Gasteiger charge is -2.01. The lowest BCUT2D eigenvalue weighted by molar-refractivity contribution is -0.697. The number of aryl methyl sites for hydroxylation is 2. The molecular formula is C18H32FN. The van der Waals surface area contributed by atoms with Gasteiger partial charge in [-0.15, -0.1) is 0 Å². The van der Waals surface area contributed by atoms with E-state index in [0.717, 1.165) is 0 Å². The molecule has 0 aliphatic carbocycles. The van der Waals surface area contributed by atoms with E-state index in [0.29, 0.717) is 0 Å². The molecule has 1 rings (SSSR count). The number of aromatic nitrogens is 1. The van der Waals surface area contributed by atoms with E-state index >= 15 is 0 Å². The zero-order valence-corrected chi connectivity index (χ0v) is 13.4. The van der Waals surface area contributed by atoms with Crippen LogP contribution in [-0.4, -0.2) is 0 Å². The molecular weight excluding hydrogens is 249 g/mol. The maximum absolute atomic E-state index is 2.36. The highest BCUT2D eigenvalue weighted by Crippen LogP contribution is 2.08. The lowest BCUT2D eigenvalue weighted by Crippen LogP contribution is -3.00. The van der Waals surface area contributed by atoms with Gasteiger partial charge < -0.3 is 4.70 Å². The molecule has 0 aliphatic rings. The average Bonchev–Trinajstić information content (AvgIpc) is 2.43. The third-order valence-electron chi connectivity index (χ3n) is 3.73. The molecule has 1 aromatic heterocycles. The molecule has 1 nitrogen and oxygen atoms in total. The Kier molecular flexibility index (Phi) is 12.5. The molecule has 0 amide bonds. The number of rotatable bonds is 11. The Morgan fingerprint density at radius 1 is 0.850 bits per heavy atom. The molecule has 0 aliphatic heterocycles. The molecule has 0 fully saturated rings. The van der Waals surface area contributed by atoms with Crippen molar-refractivity contribution in [3.05, 3.63) is 30.1 Å². The largest absolute Gasteiger partial charge is 1.00 e. The molecule has 1 heterocycles. The number of pyridine rings is 1. The van der Waals surface area contributed by atoms with Gasteiger partial charge in [-0.1, -0.05) is 58.8 Å². The van der Waals surface area contributed by atoms with Gasteiger partial charge in [-0.25, -0.2) is 4.57 Å². The van der Waals surface area contributed by atoms with Crippen LogP contribution in [0.15, 0.2) is 24.5 Å². The van der Waals surface area contributed by atoms with E-state index in [1.54, 1.807) is 0 Å². The molecule has 0 bridgehead atoms. The van der Waals surface area contributed by atoms with Crippen molar-refractivity contribution in [1.82, 2.24) is 0 Å². The van der Waals surface area contributed by atoms with Crippen molar-refractivity contribution >= 4 is 0 Å². The van der Waals surface area contributed by atoms with Gasteiger partial charge in [0.05, 0.1) is 0 Å². The summed E-state index contributed by atoms with van der Waals surface area (Å²) in [6.07, 6.45) is 18.2. The van der Waals surface area contributed by atoms with Crippen LogP contribution in [0.25, 0.3) is 0 Å². The molecule has 0 N–H and O–H groups in total. The fraction of sp³-hybridized carbons (Fsp3) is 0.722. The van der Waals surface area contributed by atoms with Crippen LogP contribution in [0.1, 0.15) is 77.2 Å². The van der Waals surface area contributed by atoms with Gasteiger partial charge in [0.15, 0.2) is 12.4 Å². The summed E-state index contributed by atoms with van der Waals surface area (Å²) in [4.78, 5) is 0. The average molecular weight is 281 g/mol. The van der Waals surface area contributed by atoms with Crippen molar-refractivity contribution in [2.24, 2.45) is 0 Å².